The highest BCUT2D eigenvalue weighted by molar-refractivity contribution is 4.95. The Morgan fingerprint density at radius 3 is 2.40 bits per heavy atom. The van der Waals surface area contributed by atoms with Crippen molar-refractivity contribution in [2.45, 2.75) is 39.2 Å². The van der Waals surface area contributed by atoms with Crippen molar-refractivity contribution in [3.05, 3.63) is 5.82 Å². The minimum Gasteiger partial charge on any atom is -0.309 e. The van der Waals surface area contributed by atoms with E-state index in [2.05, 4.69) is 55.2 Å². The van der Waals surface area contributed by atoms with Gasteiger partial charge in [-0.3, -0.25) is 0 Å². The molecule has 0 amide bonds. The molecule has 0 radical (unpaired) electrons. The van der Waals surface area contributed by atoms with Crippen LogP contribution >= 0.6 is 0 Å². The van der Waals surface area contributed by atoms with Gasteiger partial charge in [0.15, 0.2) is 5.82 Å². The number of hydrogen-bond donors (Lipinski definition) is 0. The number of aryl methyl sites for hydroxylation is 1. The van der Waals surface area contributed by atoms with E-state index in [1.165, 1.54) is 0 Å². The molecular weight excluding hydrogens is 190 g/mol. The quantitative estimate of drug-likeness (QED) is 0.743. The van der Waals surface area contributed by atoms with E-state index in [1.807, 2.05) is 0 Å². The van der Waals surface area contributed by atoms with Crippen molar-refractivity contribution < 1.29 is 0 Å². The molecule has 0 N–H and O–H groups in total. The number of nitrogens with zero attached hydrogens (tertiary/aromatic N) is 5. The van der Waals surface area contributed by atoms with E-state index in [1.54, 1.807) is 4.80 Å². The van der Waals surface area contributed by atoms with Gasteiger partial charge in [-0.15, -0.1) is 10.2 Å². The number of aromatic nitrogens is 4. The van der Waals surface area contributed by atoms with Crippen molar-refractivity contribution in [3.63, 3.8) is 0 Å². The zero-order chi connectivity index (χ0) is 11.5. The topological polar surface area (TPSA) is 46.8 Å². The predicted octanol–water partition coefficient (Wildman–Crippen LogP) is 0.922. The highest BCUT2D eigenvalue weighted by Gasteiger charge is 2.19. The average Bonchev–Trinajstić information content (AvgIpc) is 2.51. The SMILES string of the molecule is CN(C)CCCn1nnc(C(C)(C)C)n1. The first-order chi connectivity index (χ1) is 6.89. The Kier molecular flexibility index (Phi) is 3.79. The van der Waals surface area contributed by atoms with Crippen molar-refractivity contribution in [3.8, 4) is 0 Å². The standard InChI is InChI=1S/C10H21N5/c1-10(2,3)9-11-13-15(12-9)8-6-7-14(4)5/h6-8H2,1-5H3. The Bertz CT molecular complexity index is 297. The summed E-state index contributed by atoms with van der Waals surface area (Å²) >= 11 is 0. The van der Waals surface area contributed by atoms with Crippen molar-refractivity contribution in [1.29, 1.82) is 0 Å². The van der Waals surface area contributed by atoms with Crippen molar-refractivity contribution in [2.75, 3.05) is 20.6 Å². The van der Waals surface area contributed by atoms with Crippen molar-refractivity contribution in [2.24, 2.45) is 0 Å². The second kappa shape index (κ2) is 4.70. The van der Waals surface area contributed by atoms with Crippen LogP contribution in [0.1, 0.15) is 33.0 Å². The smallest absolute Gasteiger partial charge is 0.180 e. The maximum absolute atomic E-state index is 4.35. The van der Waals surface area contributed by atoms with Gasteiger partial charge in [-0.25, -0.2) is 0 Å². The number of tetrazole rings is 1. The minimum atomic E-state index is -0.0141. The average molecular weight is 211 g/mol. The Morgan fingerprint density at radius 2 is 1.93 bits per heavy atom. The molecule has 1 aromatic rings. The third-order valence-electron chi connectivity index (χ3n) is 2.09. The van der Waals surface area contributed by atoms with Gasteiger partial charge in [0.2, 0.25) is 0 Å². The Labute approximate surface area is 91.5 Å². The molecule has 5 nitrogen and oxygen atoms in total. The Balaban J connectivity index is 2.47. The highest BCUT2D eigenvalue weighted by atomic mass is 15.6. The van der Waals surface area contributed by atoms with Gasteiger partial charge in [0.05, 0.1) is 6.54 Å². The molecule has 5 heteroatoms. The van der Waals surface area contributed by atoms with E-state index in [9.17, 15) is 0 Å². The van der Waals surface area contributed by atoms with E-state index in [0.29, 0.717) is 0 Å². The molecule has 0 aliphatic carbocycles. The fourth-order valence-electron chi connectivity index (χ4n) is 1.17. The molecule has 0 unspecified atom stereocenters. The molecule has 0 aromatic carbocycles. The van der Waals surface area contributed by atoms with Crippen LogP contribution in [0.25, 0.3) is 0 Å². The molecule has 0 fully saturated rings. The van der Waals surface area contributed by atoms with E-state index in [4.69, 9.17) is 0 Å². The molecule has 0 spiro atoms. The van der Waals surface area contributed by atoms with Crippen molar-refractivity contribution >= 4 is 0 Å². The molecule has 0 atom stereocenters. The Hall–Kier alpha value is -0.970. The molecule has 0 saturated carbocycles. The molecule has 0 saturated heterocycles. The van der Waals surface area contributed by atoms with Gasteiger partial charge in [0, 0.05) is 5.41 Å². The summed E-state index contributed by atoms with van der Waals surface area (Å²) in [6, 6.07) is 0. The lowest BCUT2D eigenvalue weighted by Crippen LogP contribution is -2.17. The van der Waals surface area contributed by atoms with Crippen LogP contribution in [0.15, 0.2) is 0 Å². The summed E-state index contributed by atoms with van der Waals surface area (Å²) in [5, 5.41) is 12.4. The zero-order valence-electron chi connectivity index (χ0n) is 10.4. The molecule has 0 aliphatic heterocycles. The highest BCUT2D eigenvalue weighted by Crippen LogP contribution is 2.16. The van der Waals surface area contributed by atoms with E-state index < -0.39 is 0 Å². The van der Waals surface area contributed by atoms with Crippen LogP contribution in [0.5, 0.6) is 0 Å². The number of rotatable bonds is 4. The summed E-state index contributed by atoms with van der Waals surface area (Å²) < 4.78 is 0. The summed E-state index contributed by atoms with van der Waals surface area (Å²) in [5.74, 6) is 0.812. The second-order valence-electron chi connectivity index (χ2n) is 5.12. The summed E-state index contributed by atoms with van der Waals surface area (Å²) in [6.07, 6.45) is 1.05. The van der Waals surface area contributed by atoms with Crippen LogP contribution in [-0.4, -0.2) is 45.7 Å². The lowest BCUT2D eigenvalue weighted by molar-refractivity contribution is 0.368. The van der Waals surface area contributed by atoms with Crippen LogP contribution in [0.3, 0.4) is 0 Å². The van der Waals surface area contributed by atoms with Gasteiger partial charge in [0.1, 0.15) is 0 Å². The van der Waals surface area contributed by atoms with Crippen LogP contribution in [0.4, 0.5) is 0 Å². The fourth-order valence-corrected chi connectivity index (χ4v) is 1.17. The van der Waals surface area contributed by atoms with E-state index in [-0.39, 0.29) is 5.41 Å². The molecule has 1 heterocycles. The minimum absolute atomic E-state index is 0.0141. The maximum Gasteiger partial charge on any atom is 0.180 e. The first-order valence-electron chi connectivity index (χ1n) is 5.32. The third-order valence-corrected chi connectivity index (χ3v) is 2.09. The fraction of sp³-hybridized carbons (Fsp3) is 0.900. The van der Waals surface area contributed by atoms with Crippen LogP contribution in [0.2, 0.25) is 0 Å². The molecule has 1 rings (SSSR count). The third kappa shape index (κ3) is 3.95. The first-order valence-corrected chi connectivity index (χ1v) is 5.32. The van der Waals surface area contributed by atoms with Gasteiger partial charge in [-0.05, 0) is 32.3 Å². The van der Waals surface area contributed by atoms with Gasteiger partial charge >= 0.3 is 0 Å². The molecule has 15 heavy (non-hydrogen) atoms. The molecular formula is C10H21N5. The van der Waals surface area contributed by atoms with Gasteiger partial charge < -0.3 is 4.90 Å². The number of hydrogen-bond acceptors (Lipinski definition) is 4. The van der Waals surface area contributed by atoms with E-state index >= 15 is 0 Å². The lowest BCUT2D eigenvalue weighted by atomic mass is 9.96. The largest absolute Gasteiger partial charge is 0.309 e. The molecule has 1 aromatic heterocycles. The van der Waals surface area contributed by atoms with Gasteiger partial charge in [-0.1, -0.05) is 20.8 Å². The maximum atomic E-state index is 4.35. The zero-order valence-corrected chi connectivity index (χ0v) is 10.4. The first kappa shape index (κ1) is 12.1. The normalized spacial score (nSPS) is 12.4. The lowest BCUT2D eigenvalue weighted by Gasteiger charge is -2.11. The summed E-state index contributed by atoms with van der Waals surface area (Å²) in [4.78, 5) is 3.84. The summed E-state index contributed by atoms with van der Waals surface area (Å²) in [5.41, 5.74) is -0.0141. The summed E-state index contributed by atoms with van der Waals surface area (Å²) in [6.45, 7) is 8.16. The van der Waals surface area contributed by atoms with E-state index in [0.717, 1.165) is 25.3 Å². The van der Waals surface area contributed by atoms with Gasteiger partial charge in [-0.2, -0.15) is 4.80 Å². The molecule has 0 bridgehead atoms. The monoisotopic (exact) mass is 211 g/mol. The summed E-state index contributed by atoms with van der Waals surface area (Å²) in [7, 11) is 4.13. The van der Waals surface area contributed by atoms with Crippen molar-refractivity contribution in [1.82, 2.24) is 25.1 Å². The van der Waals surface area contributed by atoms with Crippen LogP contribution < -0.4 is 0 Å². The second-order valence-corrected chi connectivity index (χ2v) is 5.12. The predicted molar refractivity (Wildman–Crippen MR) is 59.7 cm³/mol. The molecule has 0 aliphatic rings. The molecule has 86 valence electrons. The van der Waals surface area contributed by atoms with Gasteiger partial charge in [0.25, 0.3) is 0 Å². The van der Waals surface area contributed by atoms with Crippen LogP contribution in [0, 0.1) is 0 Å². The van der Waals surface area contributed by atoms with Crippen LogP contribution in [-0.2, 0) is 12.0 Å². The Morgan fingerprint density at radius 1 is 1.27 bits per heavy atom.